The molecule has 0 saturated carbocycles. The van der Waals surface area contributed by atoms with Gasteiger partial charge in [-0.3, -0.25) is 4.79 Å². The van der Waals surface area contributed by atoms with E-state index in [9.17, 15) is 4.79 Å². The van der Waals surface area contributed by atoms with E-state index in [0.717, 1.165) is 4.47 Å². The summed E-state index contributed by atoms with van der Waals surface area (Å²) >= 11 is 15.3. The van der Waals surface area contributed by atoms with Crippen LogP contribution in [0.1, 0.15) is 20.3 Å². The molecule has 3 nitrogen and oxygen atoms in total. The van der Waals surface area contributed by atoms with Gasteiger partial charge in [0.05, 0.1) is 15.7 Å². The summed E-state index contributed by atoms with van der Waals surface area (Å²) in [7, 11) is 0. The highest BCUT2D eigenvalue weighted by Gasteiger charge is 2.11. The van der Waals surface area contributed by atoms with Crippen LogP contribution in [0.3, 0.4) is 0 Å². The summed E-state index contributed by atoms with van der Waals surface area (Å²) in [6, 6.07) is 3.74. The van der Waals surface area contributed by atoms with E-state index in [1.807, 2.05) is 13.8 Å². The van der Waals surface area contributed by atoms with E-state index >= 15 is 0 Å². The minimum absolute atomic E-state index is 0.116. The van der Waals surface area contributed by atoms with E-state index < -0.39 is 0 Å². The largest absolute Gasteiger partial charge is 0.324 e. The number of amides is 1. The monoisotopic (exact) mass is 352 g/mol. The number of carbonyl (C=O) groups is 1. The first-order valence-corrected chi connectivity index (χ1v) is 7.13. The van der Waals surface area contributed by atoms with E-state index in [2.05, 4.69) is 26.6 Å². The van der Waals surface area contributed by atoms with E-state index in [1.165, 1.54) is 0 Å². The van der Waals surface area contributed by atoms with E-state index in [-0.39, 0.29) is 5.91 Å². The van der Waals surface area contributed by atoms with Crippen molar-refractivity contribution < 1.29 is 4.79 Å². The van der Waals surface area contributed by atoms with Crippen LogP contribution in [0, 0.1) is 0 Å². The number of halogens is 3. The van der Waals surface area contributed by atoms with Crippen molar-refractivity contribution in [2.45, 2.75) is 26.3 Å². The quantitative estimate of drug-likeness (QED) is 0.837. The van der Waals surface area contributed by atoms with Gasteiger partial charge in [-0.25, -0.2) is 0 Å². The summed E-state index contributed by atoms with van der Waals surface area (Å²) in [5, 5.41) is 6.71. The molecular formula is C12H15BrCl2N2O. The lowest BCUT2D eigenvalue weighted by Crippen LogP contribution is -2.27. The SMILES string of the molecule is CC(C)NCCC(=O)Nc1c(Cl)cc(Br)cc1Cl. The lowest BCUT2D eigenvalue weighted by atomic mass is 10.3. The summed E-state index contributed by atoms with van der Waals surface area (Å²) in [6.45, 7) is 4.68. The van der Waals surface area contributed by atoms with E-state index in [4.69, 9.17) is 23.2 Å². The van der Waals surface area contributed by atoms with Gasteiger partial charge in [-0.2, -0.15) is 0 Å². The van der Waals surface area contributed by atoms with Crippen molar-refractivity contribution in [2.75, 3.05) is 11.9 Å². The van der Waals surface area contributed by atoms with Crippen LogP contribution >= 0.6 is 39.1 Å². The number of anilines is 1. The first kappa shape index (κ1) is 15.8. The average molecular weight is 354 g/mol. The Balaban J connectivity index is 2.59. The second-order valence-corrected chi connectivity index (χ2v) is 5.88. The zero-order valence-electron chi connectivity index (χ0n) is 10.2. The van der Waals surface area contributed by atoms with Crippen LogP contribution < -0.4 is 10.6 Å². The number of rotatable bonds is 5. The molecule has 0 fully saturated rings. The molecule has 2 N–H and O–H groups in total. The van der Waals surface area contributed by atoms with Crippen LogP contribution in [0.5, 0.6) is 0 Å². The fourth-order valence-corrected chi connectivity index (χ4v) is 2.64. The Morgan fingerprint density at radius 3 is 2.39 bits per heavy atom. The van der Waals surface area contributed by atoms with Gasteiger partial charge in [0, 0.05) is 23.5 Å². The van der Waals surface area contributed by atoms with Crippen LogP contribution in [0.2, 0.25) is 10.0 Å². The van der Waals surface area contributed by atoms with Crippen molar-refractivity contribution in [1.82, 2.24) is 5.32 Å². The highest BCUT2D eigenvalue weighted by atomic mass is 79.9. The smallest absolute Gasteiger partial charge is 0.225 e. The Labute approximate surface area is 125 Å². The fraction of sp³-hybridized carbons (Fsp3) is 0.417. The molecule has 1 aromatic rings. The summed E-state index contributed by atoms with van der Waals surface area (Å²) in [5.41, 5.74) is 0.455. The first-order chi connectivity index (χ1) is 8.40. The minimum atomic E-state index is -0.116. The Hall–Kier alpha value is -0.290. The predicted molar refractivity (Wildman–Crippen MR) is 80.5 cm³/mol. The van der Waals surface area contributed by atoms with Gasteiger partial charge in [-0.15, -0.1) is 0 Å². The average Bonchev–Trinajstić information content (AvgIpc) is 2.22. The Morgan fingerprint density at radius 1 is 1.33 bits per heavy atom. The molecule has 1 aromatic carbocycles. The summed E-state index contributed by atoms with van der Waals surface area (Å²) in [6.07, 6.45) is 0.376. The lowest BCUT2D eigenvalue weighted by Gasteiger charge is -2.11. The third-order valence-electron chi connectivity index (χ3n) is 2.18. The van der Waals surface area contributed by atoms with Gasteiger partial charge < -0.3 is 10.6 Å². The van der Waals surface area contributed by atoms with Crippen LogP contribution in [0.4, 0.5) is 5.69 Å². The Morgan fingerprint density at radius 2 is 1.89 bits per heavy atom. The van der Waals surface area contributed by atoms with Crippen LogP contribution in [0.25, 0.3) is 0 Å². The molecule has 0 aromatic heterocycles. The molecule has 1 rings (SSSR count). The molecule has 0 aliphatic rings. The van der Waals surface area contributed by atoms with Crippen LogP contribution in [-0.2, 0) is 4.79 Å². The van der Waals surface area contributed by atoms with Crippen LogP contribution in [-0.4, -0.2) is 18.5 Å². The van der Waals surface area contributed by atoms with Crippen molar-refractivity contribution in [3.05, 3.63) is 26.7 Å². The maximum Gasteiger partial charge on any atom is 0.225 e. The Bertz CT molecular complexity index is 415. The lowest BCUT2D eigenvalue weighted by molar-refractivity contribution is -0.116. The second-order valence-electron chi connectivity index (χ2n) is 4.15. The summed E-state index contributed by atoms with van der Waals surface area (Å²) in [4.78, 5) is 11.7. The van der Waals surface area contributed by atoms with Crippen molar-refractivity contribution in [2.24, 2.45) is 0 Å². The molecule has 0 saturated heterocycles. The van der Waals surface area contributed by atoms with Crippen LogP contribution in [0.15, 0.2) is 16.6 Å². The zero-order chi connectivity index (χ0) is 13.7. The van der Waals surface area contributed by atoms with E-state index in [0.29, 0.717) is 34.7 Å². The third kappa shape index (κ3) is 5.14. The molecule has 1 amide bonds. The molecule has 6 heteroatoms. The maximum atomic E-state index is 11.7. The number of nitrogens with one attached hydrogen (secondary N) is 2. The van der Waals surface area contributed by atoms with Gasteiger partial charge >= 0.3 is 0 Å². The number of hydrogen-bond acceptors (Lipinski definition) is 2. The van der Waals surface area contributed by atoms with E-state index in [1.54, 1.807) is 12.1 Å². The van der Waals surface area contributed by atoms with Gasteiger partial charge in [-0.1, -0.05) is 53.0 Å². The fourth-order valence-electron chi connectivity index (χ4n) is 1.34. The molecule has 0 heterocycles. The number of hydrogen-bond donors (Lipinski definition) is 2. The summed E-state index contributed by atoms with van der Waals surface area (Å²) in [5.74, 6) is -0.116. The molecule has 0 radical (unpaired) electrons. The molecule has 0 aliphatic heterocycles. The highest BCUT2D eigenvalue weighted by Crippen LogP contribution is 2.33. The topological polar surface area (TPSA) is 41.1 Å². The van der Waals surface area contributed by atoms with Crippen molar-refractivity contribution in [3.8, 4) is 0 Å². The summed E-state index contributed by atoms with van der Waals surface area (Å²) < 4.78 is 0.775. The number of benzene rings is 1. The molecular weight excluding hydrogens is 339 g/mol. The number of carbonyl (C=O) groups excluding carboxylic acids is 1. The first-order valence-electron chi connectivity index (χ1n) is 5.58. The zero-order valence-corrected chi connectivity index (χ0v) is 13.3. The van der Waals surface area contributed by atoms with Gasteiger partial charge in [-0.05, 0) is 12.1 Å². The minimum Gasteiger partial charge on any atom is -0.324 e. The maximum absolute atomic E-state index is 11.7. The van der Waals surface area contributed by atoms with Gasteiger partial charge in [0.25, 0.3) is 0 Å². The molecule has 0 atom stereocenters. The normalized spacial score (nSPS) is 10.8. The second kappa shape index (κ2) is 7.34. The molecule has 0 bridgehead atoms. The standard InChI is InChI=1S/C12H15BrCl2N2O/c1-7(2)16-4-3-11(18)17-12-9(14)5-8(13)6-10(12)15/h5-7,16H,3-4H2,1-2H3,(H,17,18). The van der Waals surface area contributed by atoms with Gasteiger partial charge in [0.2, 0.25) is 5.91 Å². The molecule has 0 spiro atoms. The highest BCUT2D eigenvalue weighted by molar-refractivity contribution is 9.10. The Kier molecular flexibility index (Phi) is 6.43. The van der Waals surface area contributed by atoms with Gasteiger partial charge in [0.15, 0.2) is 0 Å². The third-order valence-corrected chi connectivity index (χ3v) is 3.23. The molecule has 0 aliphatic carbocycles. The predicted octanol–water partition coefficient (Wildman–Crippen LogP) is 4.08. The van der Waals surface area contributed by atoms with Crippen molar-refractivity contribution >= 4 is 50.7 Å². The molecule has 0 unspecified atom stereocenters. The van der Waals surface area contributed by atoms with Gasteiger partial charge in [0.1, 0.15) is 0 Å². The molecule has 100 valence electrons. The van der Waals surface area contributed by atoms with Crippen molar-refractivity contribution in [3.63, 3.8) is 0 Å². The van der Waals surface area contributed by atoms with Crippen molar-refractivity contribution in [1.29, 1.82) is 0 Å². The molecule has 18 heavy (non-hydrogen) atoms.